The fraction of sp³-hybridized carbons (Fsp3) is 0.500. The van der Waals surface area contributed by atoms with Gasteiger partial charge in [0.2, 0.25) is 0 Å². The summed E-state index contributed by atoms with van der Waals surface area (Å²) in [6, 6.07) is 15.2. The standard InChI is InChI=1S/C26H35N3OS.ClH/c1-19(2)13-14-27-26(30)21-11-12-25-23(17-21)29(22-9-5-6-10-24(22)31-25)20(3)18-28-15-7-4-8-16-28;/h5-6,9-12,17,19-20H,4,7-8,13-16,18H2,1-3H3,(H,27,30);1H. The molecule has 2 aliphatic heterocycles. The Morgan fingerprint density at radius 3 is 2.47 bits per heavy atom. The Morgan fingerprint density at radius 2 is 1.72 bits per heavy atom. The number of carbonyl (C=O) groups is 1. The SMILES string of the molecule is CC(C)CCNC(=O)c1ccc2c(c1)N(C(C)CN1CCCCC1)c1ccccc1S2.Cl. The number of para-hydroxylation sites is 1. The number of hydrogen-bond acceptors (Lipinski definition) is 4. The minimum absolute atomic E-state index is 0. The molecule has 1 saturated heterocycles. The summed E-state index contributed by atoms with van der Waals surface area (Å²) in [6.45, 7) is 10.8. The van der Waals surface area contributed by atoms with Crippen LogP contribution in [0.15, 0.2) is 52.3 Å². The van der Waals surface area contributed by atoms with Gasteiger partial charge in [-0.05, 0) is 75.5 Å². The number of halogens is 1. The third-order valence-corrected chi connectivity index (χ3v) is 7.37. The second-order valence-corrected chi connectivity index (χ2v) is 10.4. The summed E-state index contributed by atoms with van der Waals surface area (Å²) in [4.78, 5) is 20.4. The van der Waals surface area contributed by atoms with Gasteiger partial charge in [0, 0.05) is 34.5 Å². The van der Waals surface area contributed by atoms with Crippen LogP contribution in [-0.4, -0.2) is 43.0 Å². The van der Waals surface area contributed by atoms with E-state index in [1.165, 1.54) is 47.8 Å². The van der Waals surface area contributed by atoms with Crippen LogP contribution in [0.25, 0.3) is 0 Å². The maximum Gasteiger partial charge on any atom is 0.251 e. The normalized spacial score (nSPS) is 16.7. The molecule has 0 bridgehead atoms. The molecule has 1 atom stereocenters. The molecule has 2 heterocycles. The quantitative estimate of drug-likeness (QED) is 0.507. The van der Waals surface area contributed by atoms with Gasteiger partial charge in [0.15, 0.2) is 0 Å². The maximum atomic E-state index is 12.8. The van der Waals surface area contributed by atoms with Crippen LogP contribution in [0.5, 0.6) is 0 Å². The first-order valence-electron chi connectivity index (χ1n) is 11.7. The van der Waals surface area contributed by atoms with Gasteiger partial charge in [-0.2, -0.15) is 0 Å². The number of piperidine rings is 1. The number of carbonyl (C=O) groups excluding carboxylic acids is 1. The van der Waals surface area contributed by atoms with Crippen molar-refractivity contribution in [2.45, 2.75) is 62.3 Å². The molecule has 1 unspecified atom stereocenters. The zero-order valence-electron chi connectivity index (χ0n) is 19.5. The molecule has 32 heavy (non-hydrogen) atoms. The predicted molar refractivity (Wildman–Crippen MR) is 138 cm³/mol. The smallest absolute Gasteiger partial charge is 0.251 e. The highest BCUT2D eigenvalue weighted by Gasteiger charge is 2.29. The number of hydrogen-bond donors (Lipinski definition) is 1. The molecular formula is C26H36ClN3OS. The highest BCUT2D eigenvalue weighted by Crippen LogP contribution is 2.49. The minimum Gasteiger partial charge on any atom is -0.352 e. The van der Waals surface area contributed by atoms with Crippen molar-refractivity contribution in [3.8, 4) is 0 Å². The lowest BCUT2D eigenvalue weighted by Crippen LogP contribution is -2.43. The van der Waals surface area contributed by atoms with Gasteiger partial charge in [-0.3, -0.25) is 4.79 Å². The van der Waals surface area contributed by atoms with Gasteiger partial charge >= 0.3 is 0 Å². The Bertz CT molecular complexity index is 914. The molecule has 6 heteroatoms. The number of rotatable bonds is 7. The van der Waals surface area contributed by atoms with Gasteiger partial charge in [0.05, 0.1) is 11.4 Å². The molecule has 1 fully saturated rings. The van der Waals surface area contributed by atoms with E-state index in [9.17, 15) is 4.79 Å². The fourth-order valence-corrected chi connectivity index (χ4v) is 5.62. The average Bonchev–Trinajstić information content (AvgIpc) is 2.77. The molecule has 2 aromatic carbocycles. The minimum atomic E-state index is 0. The number of fused-ring (bicyclic) bond motifs is 2. The summed E-state index contributed by atoms with van der Waals surface area (Å²) in [5, 5.41) is 3.09. The third kappa shape index (κ3) is 5.81. The summed E-state index contributed by atoms with van der Waals surface area (Å²) < 4.78 is 0. The number of benzene rings is 2. The van der Waals surface area contributed by atoms with Gasteiger partial charge in [0.1, 0.15) is 0 Å². The number of nitrogens with zero attached hydrogens (tertiary/aromatic N) is 2. The molecule has 4 nitrogen and oxygen atoms in total. The first kappa shape index (κ1) is 24.9. The molecule has 2 aliphatic rings. The Hall–Kier alpha value is -1.69. The number of likely N-dealkylation sites (tertiary alicyclic amines) is 1. The van der Waals surface area contributed by atoms with Crippen molar-refractivity contribution >= 4 is 41.5 Å². The van der Waals surface area contributed by atoms with Gasteiger partial charge < -0.3 is 15.1 Å². The lowest BCUT2D eigenvalue weighted by molar-refractivity contribution is 0.0952. The fourth-order valence-electron chi connectivity index (χ4n) is 4.57. The largest absolute Gasteiger partial charge is 0.352 e. The topological polar surface area (TPSA) is 35.6 Å². The first-order chi connectivity index (χ1) is 15.0. The summed E-state index contributed by atoms with van der Waals surface area (Å²) in [7, 11) is 0. The molecule has 0 aliphatic carbocycles. The Labute approximate surface area is 203 Å². The Balaban J connectivity index is 0.00000289. The van der Waals surface area contributed by atoms with Crippen LogP contribution in [0, 0.1) is 5.92 Å². The predicted octanol–water partition coefficient (Wildman–Crippen LogP) is 6.36. The van der Waals surface area contributed by atoms with Gasteiger partial charge in [-0.25, -0.2) is 0 Å². The van der Waals surface area contributed by atoms with Crippen LogP contribution >= 0.6 is 24.2 Å². The van der Waals surface area contributed by atoms with E-state index >= 15 is 0 Å². The molecule has 174 valence electrons. The molecular weight excluding hydrogens is 438 g/mol. The summed E-state index contributed by atoms with van der Waals surface area (Å²) in [5.74, 6) is 0.610. The molecule has 0 radical (unpaired) electrons. The van der Waals surface area contributed by atoms with E-state index in [2.05, 4.69) is 72.3 Å². The maximum absolute atomic E-state index is 12.8. The molecule has 0 aromatic heterocycles. The van der Waals surface area contributed by atoms with E-state index in [-0.39, 0.29) is 18.3 Å². The van der Waals surface area contributed by atoms with Crippen molar-refractivity contribution in [1.82, 2.24) is 10.2 Å². The number of anilines is 2. The van der Waals surface area contributed by atoms with Crippen LogP contribution in [0.4, 0.5) is 11.4 Å². The zero-order valence-corrected chi connectivity index (χ0v) is 21.1. The van der Waals surface area contributed by atoms with Crippen molar-refractivity contribution < 1.29 is 4.79 Å². The summed E-state index contributed by atoms with van der Waals surface area (Å²) in [6.07, 6.45) is 4.96. The van der Waals surface area contributed by atoms with E-state index in [0.717, 1.165) is 30.8 Å². The van der Waals surface area contributed by atoms with E-state index in [0.29, 0.717) is 12.0 Å². The lowest BCUT2D eigenvalue weighted by atomic mass is 10.1. The molecule has 4 rings (SSSR count). The van der Waals surface area contributed by atoms with Crippen molar-refractivity contribution in [2.75, 3.05) is 31.1 Å². The molecule has 1 N–H and O–H groups in total. The van der Waals surface area contributed by atoms with E-state index in [1.54, 1.807) is 11.8 Å². The van der Waals surface area contributed by atoms with E-state index in [4.69, 9.17) is 0 Å². The second-order valence-electron chi connectivity index (χ2n) is 9.27. The Morgan fingerprint density at radius 1 is 1.00 bits per heavy atom. The van der Waals surface area contributed by atoms with Crippen LogP contribution in [0.1, 0.15) is 56.8 Å². The van der Waals surface area contributed by atoms with Gasteiger partial charge in [-0.1, -0.05) is 44.2 Å². The van der Waals surface area contributed by atoms with Crippen molar-refractivity contribution in [3.63, 3.8) is 0 Å². The van der Waals surface area contributed by atoms with Crippen LogP contribution in [-0.2, 0) is 0 Å². The average molecular weight is 474 g/mol. The number of nitrogens with one attached hydrogen (secondary N) is 1. The van der Waals surface area contributed by atoms with Crippen molar-refractivity contribution in [2.24, 2.45) is 5.92 Å². The van der Waals surface area contributed by atoms with Crippen LogP contribution in [0.3, 0.4) is 0 Å². The molecule has 0 saturated carbocycles. The summed E-state index contributed by atoms with van der Waals surface area (Å²) >= 11 is 1.80. The van der Waals surface area contributed by atoms with Gasteiger partial charge in [0.25, 0.3) is 5.91 Å². The van der Waals surface area contributed by atoms with Gasteiger partial charge in [-0.15, -0.1) is 12.4 Å². The van der Waals surface area contributed by atoms with Crippen molar-refractivity contribution in [3.05, 3.63) is 48.0 Å². The van der Waals surface area contributed by atoms with Crippen LogP contribution in [0.2, 0.25) is 0 Å². The zero-order chi connectivity index (χ0) is 21.8. The van der Waals surface area contributed by atoms with Crippen LogP contribution < -0.4 is 10.2 Å². The monoisotopic (exact) mass is 473 g/mol. The van der Waals surface area contributed by atoms with Crippen molar-refractivity contribution in [1.29, 1.82) is 0 Å². The molecule has 1 amide bonds. The lowest BCUT2D eigenvalue weighted by Gasteiger charge is -2.40. The number of amides is 1. The first-order valence-corrected chi connectivity index (χ1v) is 12.6. The molecule has 0 spiro atoms. The van der Waals surface area contributed by atoms with E-state index in [1.807, 2.05) is 6.07 Å². The molecule has 2 aromatic rings. The highest BCUT2D eigenvalue weighted by atomic mass is 35.5. The summed E-state index contributed by atoms with van der Waals surface area (Å²) in [5.41, 5.74) is 3.16. The third-order valence-electron chi connectivity index (χ3n) is 6.24. The van der Waals surface area contributed by atoms with E-state index < -0.39 is 0 Å². The highest BCUT2D eigenvalue weighted by molar-refractivity contribution is 7.99. The Kier molecular flexibility index (Phi) is 8.92. The second kappa shape index (κ2) is 11.4.